The van der Waals surface area contributed by atoms with Crippen molar-refractivity contribution in [2.75, 3.05) is 0 Å². The second-order valence-electron chi connectivity index (χ2n) is 6.18. The number of ether oxygens (including phenoxy) is 1. The molecule has 0 fully saturated rings. The summed E-state index contributed by atoms with van der Waals surface area (Å²) in [6.45, 7) is 1.45. The zero-order valence-corrected chi connectivity index (χ0v) is 15.1. The Kier molecular flexibility index (Phi) is 4.99. The molecule has 2 aromatic carbocycles. The number of carboxylic acids is 1. The molecule has 1 aliphatic rings. The molecule has 27 heavy (non-hydrogen) atoms. The van der Waals surface area contributed by atoms with Crippen molar-refractivity contribution in [3.05, 3.63) is 65.5 Å². The van der Waals surface area contributed by atoms with Crippen molar-refractivity contribution in [3.63, 3.8) is 0 Å². The van der Waals surface area contributed by atoms with Gasteiger partial charge in [0.2, 0.25) is 10.0 Å². The second-order valence-corrected chi connectivity index (χ2v) is 7.74. The molecule has 1 heterocycles. The number of carboxylic acid groups (broad SMARTS) is 1. The topological polar surface area (TPSA) is 119 Å². The predicted octanol–water partition coefficient (Wildman–Crippen LogP) is 2.40. The molecule has 3 unspecified atom stereocenters. The number of carbonyl (C=O) groups is 1. The Morgan fingerprint density at radius 2 is 1.70 bits per heavy atom. The van der Waals surface area contributed by atoms with E-state index in [-0.39, 0.29) is 10.8 Å². The predicted molar refractivity (Wildman–Crippen MR) is 95.0 cm³/mol. The first-order valence-corrected chi connectivity index (χ1v) is 9.57. The van der Waals surface area contributed by atoms with Crippen molar-refractivity contribution in [2.45, 2.75) is 24.0 Å². The number of hydrogen-bond acceptors (Lipinski definition) is 5. The van der Waals surface area contributed by atoms with Gasteiger partial charge in [-0.15, -0.1) is 0 Å². The Morgan fingerprint density at radius 1 is 1.15 bits per heavy atom. The van der Waals surface area contributed by atoms with Crippen LogP contribution in [0.2, 0.25) is 0 Å². The maximum atomic E-state index is 13.2. The molecule has 3 N–H and O–H groups in total. The van der Waals surface area contributed by atoms with E-state index in [0.717, 1.165) is 0 Å². The van der Waals surface area contributed by atoms with Crippen LogP contribution < -0.4 is 5.14 Å². The van der Waals surface area contributed by atoms with Gasteiger partial charge in [-0.3, -0.25) is 4.79 Å². The number of hydrogen-bond donors (Lipinski definition) is 2. The fraction of sp³-hybridized carbons (Fsp3) is 0.222. The first-order valence-electron chi connectivity index (χ1n) is 8.02. The van der Waals surface area contributed by atoms with Gasteiger partial charge in [0.05, 0.1) is 4.90 Å². The molecule has 0 saturated heterocycles. The van der Waals surface area contributed by atoms with Crippen molar-refractivity contribution in [1.29, 1.82) is 0 Å². The number of nitrogens with zero attached hydrogens (tertiary/aromatic N) is 1. The van der Waals surface area contributed by atoms with Crippen LogP contribution in [0.1, 0.15) is 30.2 Å². The fourth-order valence-electron chi connectivity index (χ4n) is 2.76. The number of benzene rings is 2. The van der Waals surface area contributed by atoms with Gasteiger partial charge < -0.3 is 9.84 Å². The minimum atomic E-state index is -3.84. The Balaban J connectivity index is 2.00. The molecule has 9 heteroatoms. The van der Waals surface area contributed by atoms with Gasteiger partial charge in [-0.2, -0.15) is 0 Å². The SMILES string of the molecule is CC(C(=O)O)C1=NC(c2ccc(S(N)(=O)=O)cc2)C(c2ccc(F)cc2)O1. The van der Waals surface area contributed by atoms with Gasteiger partial charge in [0.1, 0.15) is 17.8 Å². The maximum absolute atomic E-state index is 13.2. The number of aliphatic imine (C=N–C) groups is 1. The summed E-state index contributed by atoms with van der Waals surface area (Å²) in [5, 5.41) is 14.3. The van der Waals surface area contributed by atoms with E-state index in [9.17, 15) is 22.7 Å². The third kappa shape index (κ3) is 3.99. The lowest BCUT2D eigenvalue weighted by molar-refractivity contribution is -0.139. The summed E-state index contributed by atoms with van der Waals surface area (Å²) in [7, 11) is -3.84. The molecule has 0 bridgehead atoms. The third-order valence-corrected chi connectivity index (χ3v) is 5.22. The monoisotopic (exact) mass is 392 g/mol. The molecule has 0 radical (unpaired) electrons. The first kappa shape index (κ1) is 19.0. The highest BCUT2D eigenvalue weighted by molar-refractivity contribution is 7.89. The van der Waals surface area contributed by atoms with Crippen molar-refractivity contribution >= 4 is 21.9 Å². The smallest absolute Gasteiger partial charge is 0.315 e. The molecular weight excluding hydrogens is 375 g/mol. The number of aliphatic carboxylic acids is 1. The highest BCUT2D eigenvalue weighted by Crippen LogP contribution is 2.41. The summed E-state index contributed by atoms with van der Waals surface area (Å²) >= 11 is 0. The summed E-state index contributed by atoms with van der Waals surface area (Å²) < 4.78 is 41.9. The molecule has 0 amide bonds. The molecule has 0 aliphatic carbocycles. The van der Waals surface area contributed by atoms with E-state index in [1.165, 1.54) is 43.3 Å². The molecule has 142 valence electrons. The summed E-state index contributed by atoms with van der Waals surface area (Å²) in [5.74, 6) is -2.40. The molecule has 2 aromatic rings. The number of nitrogens with two attached hydrogens (primary N) is 1. The summed E-state index contributed by atoms with van der Waals surface area (Å²) in [6, 6.07) is 10.8. The van der Waals surface area contributed by atoms with E-state index in [0.29, 0.717) is 11.1 Å². The number of primary sulfonamides is 1. The van der Waals surface area contributed by atoms with Gasteiger partial charge in [-0.05, 0) is 42.3 Å². The van der Waals surface area contributed by atoms with Crippen LogP contribution in [0, 0.1) is 11.7 Å². The van der Waals surface area contributed by atoms with Gasteiger partial charge in [0.25, 0.3) is 0 Å². The van der Waals surface area contributed by atoms with E-state index < -0.39 is 39.9 Å². The minimum absolute atomic E-state index is 0.0494. The summed E-state index contributed by atoms with van der Waals surface area (Å²) in [5.41, 5.74) is 1.23. The first-order chi connectivity index (χ1) is 12.7. The van der Waals surface area contributed by atoms with Gasteiger partial charge in [-0.25, -0.2) is 22.9 Å². The maximum Gasteiger partial charge on any atom is 0.315 e. The molecule has 0 aromatic heterocycles. The highest BCUT2D eigenvalue weighted by Gasteiger charge is 2.37. The number of halogens is 1. The molecular formula is C18H17FN2O5S. The van der Waals surface area contributed by atoms with E-state index >= 15 is 0 Å². The summed E-state index contributed by atoms with van der Waals surface area (Å²) in [6.07, 6.45) is -0.664. The van der Waals surface area contributed by atoms with Crippen LogP contribution in [-0.4, -0.2) is 25.4 Å². The number of rotatable bonds is 5. The standard InChI is InChI=1S/C18H17FN2O5S/c1-10(18(22)23)17-21-15(11-4-8-14(9-5-11)27(20,24)25)16(26-17)12-2-6-13(19)7-3-12/h2-10,15-16H,1H3,(H,22,23)(H2,20,24,25). The van der Waals surface area contributed by atoms with Gasteiger partial charge >= 0.3 is 5.97 Å². The van der Waals surface area contributed by atoms with Crippen molar-refractivity contribution in [3.8, 4) is 0 Å². The van der Waals surface area contributed by atoms with Crippen molar-refractivity contribution in [1.82, 2.24) is 0 Å². The number of sulfonamides is 1. The van der Waals surface area contributed by atoms with Crippen LogP contribution in [0.3, 0.4) is 0 Å². The van der Waals surface area contributed by atoms with E-state index in [1.807, 2.05) is 0 Å². The average Bonchev–Trinajstić information content (AvgIpc) is 3.06. The fourth-order valence-corrected chi connectivity index (χ4v) is 3.27. The summed E-state index contributed by atoms with van der Waals surface area (Å²) in [4.78, 5) is 15.6. The molecule has 0 saturated carbocycles. The lowest BCUT2D eigenvalue weighted by Crippen LogP contribution is -2.21. The van der Waals surface area contributed by atoms with Gasteiger partial charge in [-0.1, -0.05) is 24.3 Å². The lowest BCUT2D eigenvalue weighted by atomic mass is 9.97. The van der Waals surface area contributed by atoms with Crippen LogP contribution in [0.25, 0.3) is 0 Å². The lowest BCUT2D eigenvalue weighted by Gasteiger charge is -2.19. The molecule has 7 nitrogen and oxygen atoms in total. The van der Waals surface area contributed by atoms with E-state index in [1.54, 1.807) is 12.1 Å². The van der Waals surface area contributed by atoms with Crippen LogP contribution in [0.4, 0.5) is 4.39 Å². The molecule has 3 rings (SSSR count). The van der Waals surface area contributed by atoms with Gasteiger partial charge in [0, 0.05) is 0 Å². The Hall–Kier alpha value is -2.78. The van der Waals surface area contributed by atoms with Gasteiger partial charge in [0.15, 0.2) is 12.0 Å². The Bertz CT molecular complexity index is 987. The van der Waals surface area contributed by atoms with Crippen LogP contribution in [0.5, 0.6) is 0 Å². The molecule has 3 atom stereocenters. The second kappa shape index (κ2) is 7.09. The Labute approximate surface area is 155 Å². The molecule has 0 spiro atoms. The normalized spacial score (nSPS) is 20.6. The quantitative estimate of drug-likeness (QED) is 0.810. The van der Waals surface area contributed by atoms with Crippen LogP contribution in [-0.2, 0) is 19.6 Å². The average molecular weight is 392 g/mol. The molecule has 1 aliphatic heterocycles. The van der Waals surface area contributed by atoms with E-state index in [4.69, 9.17) is 9.88 Å². The van der Waals surface area contributed by atoms with E-state index in [2.05, 4.69) is 4.99 Å². The van der Waals surface area contributed by atoms with Crippen LogP contribution in [0.15, 0.2) is 58.4 Å². The van der Waals surface area contributed by atoms with Crippen molar-refractivity contribution < 1.29 is 27.4 Å². The minimum Gasteiger partial charge on any atom is -0.481 e. The largest absolute Gasteiger partial charge is 0.481 e. The van der Waals surface area contributed by atoms with Crippen molar-refractivity contribution in [2.24, 2.45) is 16.0 Å². The zero-order valence-electron chi connectivity index (χ0n) is 14.2. The Morgan fingerprint density at radius 3 is 2.22 bits per heavy atom. The zero-order chi connectivity index (χ0) is 19.8. The third-order valence-electron chi connectivity index (χ3n) is 4.29. The highest BCUT2D eigenvalue weighted by atomic mass is 32.2. The van der Waals surface area contributed by atoms with Crippen LogP contribution >= 0.6 is 0 Å².